The fourth-order valence-electron chi connectivity index (χ4n) is 3.12. The van der Waals surface area contributed by atoms with Gasteiger partial charge in [0, 0.05) is 22.9 Å². The number of carbonyl (C=O) groups excluding carboxylic acids is 1. The van der Waals surface area contributed by atoms with Crippen LogP contribution in [0.2, 0.25) is 0 Å². The van der Waals surface area contributed by atoms with Crippen LogP contribution < -0.4 is 4.90 Å². The number of amides is 1. The predicted octanol–water partition coefficient (Wildman–Crippen LogP) is 4.44. The second-order valence-electron chi connectivity index (χ2n) is 6.24. The van der Waals surface area contributed by atoms with E-state index >= 15 is 0 Å². The quantitative estimate of drug-likeness (QED) is 0.611. The molecule has 0 saturated carbocycles. The van der Waals surface area contributed by atoms with E-state index in [9.17, 15) is 9.18 Å². The Morgan fingerprint density at radius 3 is 2.74 bits per heavy atom. The zero-order chi connectivity index (χ0) is 18.8. The van der Waals surface area contributed by atoms with E-state index in [1.807, 2.05) is 42.8 Å². The number of cyclic esters (lactones) is 1. The number of benzene rings is 2. The second kappa shape index (κ2) is 7.44. The Balaban J connectivity index is 1.52. The lowest BCUT2D eigenvalue weighted by Crippen LogP contribution is -2.26. The third kappa shape index (κ3) is 3.68. The minimum atomic E-state index is -0.469. The summed E-state index contributed by atoms with van der Waals surface area (Å²) in [6, 6.07) is 14.4. The Morgan fingerprint density at radius 1 is 1.26 bits per heavy atom. The first-order valence-corrected chi connectivity index (χ1v) is 9.76. The fraction of sp³-hybridized carbons (Fsp3) is 0.200. The summed E-state index contributed by atoms with van der Waals surface area (Å²) in [4.78, 5) is 14.8. The van der Waals surface area contributed by atoms with Gasteiger partial charge in [0.2, 0.25) is 0 Å². The van der Waals surface area contributed by atoms with Crippen molar-refractivity contribution in [3.05, 3.63) is 66.7 Å². The number of nitrogens with zero attached hydrogens (tertiary/aromatic N) is 3. The molecule has 1 fully saturated rings. The lowest BCUT2D eigenvalue weighted by molar-refractivity contribution is 0.129. The molecule has 1 atom stereocenters. The van der Waals surface area contributed by atoms with Crippen molar-refractivity contribution in [1.82, 2.24) is 9.78 Å². The maximum atomic E-state index is 14.7. The molecule has 3 aromatic rings. The Hall–Kier alpha value is -2.80. The summed E-state index contributed by atoms with van der Waals surface area (Å²) in [5, 5.41) is 4.12. The highest BCUT2D eigenvalue weighted by Crippen LogP contribution is 2.30. The number of hydrogen-bond donors (Lipinski definition) is 0. The summed E-state index contributed by atoms with van der Waals surface area (Å²) in [6.07, 6.45) is 4.70. The van der Waals surface area contributed by atoms with Crippen LogP contribution in [0.25, 0.3) is 11.1 Å². The predicted molar refractivity (Wildman–Crippen MR) is 103 cm³/mol. The summed E-state index contributed by atoms with van der Waals surface area (Å²) in [6.45, 7) is 0.831. The van der Waals surface area contributed by atoms with Crippen molar-refractivity contribution in [2.75, 3.05) is 17.7 Å². The molecule has 1 saturated heterocycles. The van der Waals surface area contributed by atoms with Crippen LogP contribution in [-0.2, 0) is 11.3 Å². The molecular weight excluding hydrogens is 365 g/mol. The molecule has 2 heterocycles. The molecule has 0 bridgehead atoms. The van der Waals surface area contributed by atoms with Gasteiger partial charge in [0.1, 0.15) is 11.9 Å². The summed E-state index contributed by atoms with van der Waals surface area (Å²) < 4.78 is 21.8. The Bertz CT molecular complexity index is 944. The number of ether oxygens (including phenoxy) is 1. The molecule has 138 valence electrons. The van der Waals surface area contributed by atoms with Gasteiger partial charge in [-0.2, -0.15) is 5.10 Å². The van der Waals surface area contributed by atoms with Crippen LogP contribution in [0.5, 0.6) is 0 Å². The Morgan fingerprint density at radius 2 is 2.07 bits per heavy atom. The van der Waals surface area contributed by atoms with Gasteiger partial charge in [0.05, 0.1) is 18.8 Å². The molecule has 0 unspecified atom stereocenters. The van der Waals surface area contributed by atoms with E-state index in [0.29, 0.717) is 24.3 Å². The Labute approximate surface area is 160 Å². The monoisotopic (exact) mass is 383 g/mol. The molecule has 7 heteroatoms. The molecule has 2 aromatic carbocycles. The topological polar surface area (TPSA) is 47.4 Å². The molecule has 0 N–H and O–H groups in total. The van der Waals surface area contributed by atoms with Crippen LogP contribution in [0.1, 0.15) is 0 Å². The van der Waals surface area contributed by atoms with Crippen LogP contribution in [0, 0.1) is 5.82 Å². The average molecular weight is 383 g/mol. The van der Waals surface area contributed by atoms with Crippen molar-refractivity contribution in [1.29, 1.82) is 0 Å². The van der Waals surface area contributed by atoms with Gasteiger partial charge in [0.15, 0.2) is 0 Å². The van der Waals surface area contributed by atoms with Crippen molar-refractivity contribution in [3.8, 4) is 11.1 Å². The number of thioether (sulfide) groups is 1. The molecule has 4 rings (SSSR count). The molecule has 1 aromatic heterocycles. The smallest absolute Gasteiger partial charge is 0.414 e. The Kier molecular flexibility index (Phi) is 4.85. The highest BCUT2D eigenvalue weighted by atomic mass is 32.2. The molecule has 5 nitrogen and oxygen atoms in total. The van der Waals surface area contributed by atoms with Crippen LogP contribution in [-0.4, -0.2) is 34.8 Å². The van der Waals surface area contributed by atoms with Gasteiger partial charge >= 0.3 is 6.09 Å². The SMILES string of the molecule is CSc1ccc(-c2ccc(N3C[C@H](Cn4cccn4)OC3=O)cc2F)cc1. The number of halogens is 1. The summed E-state index contributed by atoms with van der Waals surface area (Å²) in [5.74, 6) is -0.368. The van der Waals surface area contributed by atoms with Gasteiger partial charge in [-0.05, 0) is 48.2 Å². The summed E-state index contributed by atoms with van der Waals surface area (Å²) in [7, 11) is 0. The van der Waals surface area contributed by atoms with Crippen LogP contribution in [0.15, 0.2) is 65.8 Å². The normalized spacial score (nSPS) is 16.6. The average Bonchev–Trinajstić information content (AvgIpc) is 3.31. The van der Waals surface area contributed by atoms with Gasteiger partial charge in [-0.3, -0.25) is 9.58 Å². The molecular formula is C20H18FN3O2S. The zero-order valence-corrected chi connectivity index (χ0v) is 15.5. The highest BCUT2D eigenvalue weighted by molar-refractivity contribution is 7.98. The molecule has 1 amide bonds. The van der Waals surface area contributed by atoms with Gasteiger partial charge < -0.3 is 4.74 Å². The van der Waals surface area contributed by atoms with Gasteiger partial charge in [-0.25, -0.2) is 9.18 Å². The highest BCUT2D eigenvalue weighted by Gasteiger charge is 2.33. The maximum absolute atomic E-state index is 14.7. The molecule has 0 radical (unpaired) electrons. The molecule has 1 aliphatic rings. The lowest BCUT2D eigenvalue weighted by atomic mass is 10.0. The van der Waals surface area contributed by atoms with E-state index < -0.39 is 6.09 Å². The first-order valence-electron chi connectivity index (χ1n) is 8.53. The van der Waals surface area contributed by atoms with Crippen LogP contribution >= 0.6 is 11.8 Å². The van der Waals surface area contributed by atoms with E-state index in [0.717, 1.165) is 10.5 Å². The van der Waals surface area contributed by atoms with E-state index in [2.05, 4.69) is 5.10 Å². The van der Waals surface area contributed by atoms with Gasteiger partial charge in [0.25, 0.3) is 0 Å². The molecule has 27 heavy (non-hydrogen) atoms. The van der Waals surface area contributed by atoms with Crippen molar-refractivity contribution < 1.29 is 13.9 Å². The van der Waals surface area contributed by atoms with Crippen molar-refractivity contribution in [2.45, 2.75) is 17.5 Å². The third-order valence-electron chi connectivity index (χ3n) is 4.49. The number of rotatable bonds is 5. The van der Waals surface area contributed by atoms with E-state index in [-0.39, 0.29) is 11.9 Å². The lowest BCUT2D eigenvalue weighted by Gasteiger charge is -2.14. The van der Waals surface area contributed by atoms with Crippen LogP contribution in [0.4, 0.5) is 14.9 Å². The molecule has 0 aliphatic carbocycles. The number of carbonyl (C=O) groups is 1. The number of anilines is 1. The standard InChI is InChI=1S/C20H18FN3O2S/c1-27-17-6-3-14(4-7-17)18-8-5-15(11-19(18)21)24-13-16(26-20(24)25)12-23-10-2-9-22-23/h2-11,16H,12-13H2,1H3/t16-/m0/s1. The molecule has 1 aliphatic heterocycles. The second-order valence-corrected chi connectivity index (χ2v) is 7.12. The van der Waals surface area contributed by atoms with Gasteiger partial charge in [-0.15, -0.1) is 11.8 Å². The minimum Gasteiger partial charge on any atom is -0.442 e. The first-order chi connectivity index (χ1) is 13.1. The summed E-state index contributed by atoms with van der Waals surface area (Å²) in [5.41, 5.74) is 1.80. The summed E-state index contributed by atoms with van der Waals surface area (Å²) >= 11 is 1.64. The van der Waals surface area contributed by atoms with E-state index in [1.165, 1.54) is 11.0 Å². The van der Waals surface area contributed by atoms with E-state index in [4.69, 9.17) is 4.74 Å². The number of aromatic nitrogens is 2. The van der Waals surface area contributed by atoms with Gasteiger partial charge in [-0.1, -0.05) is 12.1 Å². The molecule has 0 spiro atoms. The fourth-order valence-corrected chi connectivity index (χ4v) is 3.53. The third-order valence-corrected chi connectivity index (χ3v) is 5.23. The van der Waals surface area contributed by atoms with E-state index in [1.54, 1.807) is 34.8 Å². The largest absolute Gasteiger partial charge is 0.442 e. The maximum Gasteiger partial charge on any atom is 0.414 e. The zero-order valence-electron chi connectivity index (χ0n) is 14.7. The number of hydrogen-bond acceptors (Lipinski definition) is 4. The minimum absolute atomic E-state index is 0.320. The van der Waals surface area contributed by atoms with Crippen molar-refractivity contribution >= 4 is 23.5 Å². The van der Waals surface area contributed by atoms with Crippen molar-refractivity contribution in [3.63, 3.8) is 0 Å². The van der Waals surface area contributed by atoms with Crippen LogP contribution in [0.3, 0.4) is 0 Å². The first kappa shape index (κ1) is 17.6. The van der Waals surface area contributed by atoms with Crippen molar-refractivity contribution in [2.24, 2.45) is 0 Å².